The number of aryl methyl sites for hydroxylation is 1. The number of fused-ring (bicyclic) bond motifs is 2. The average molecular weight is 292 g/mol. The third-order valence-electron chi connectivity index (χ3n) is 3.66. The molecule has 0 spiro atoms. The lowest BCUT2D eigenvalue weighted by molar-refractivity contribution is -0.129. The van der Waals surface area contributed by atoms with Crippen LogP contribution in [0.25, 0.3) is 5.65 Å². The monoisotopic (exact) mass is 291 g/mol. The van der Waals surface area contributed by atoms with Gasteiger partial charge in [0.2, 0.25) is 5.91 Å². The minimum absolute atomic E-state index is 0.0588. The number of carbonyl (C=O) groups excluding carboxylic acids is 1. The molecule has 0 atom stereocenters. The van der Waals surface area contributed by atoms with Crippen LogP contribution in [0, 0.1) is 6.92 Å². The number of pyridine rings is 1. The number of aromatic nitrogens is 2. The molecule has 6 heteroatoms. The predicted molar refractivity (Wildman–Crippen MR) is 76.0 cm³/mol. The molecule has 0 saturated heterocycles. The molecule has 3 rings (SSSR count). The first-order chi connectivity index (χ1) is 9.61. The molecular weight excluding hydrogens is 278 g/mol. The summed E-state index contributed by atoms with van der Waals surface area (Å²) in [6.07, 6.45) is 0.595. The van der Waals surface area contributed by atoms with Crippen molar-refractivity contribution in [2.24, 2.45) is 0 Å². The third kappa shape index (κ3) is 1.98. The Morgan fingerprint density at radius 1 is 1.45 bits per heavy atom. The topological polar surface area (TPSA) is 54.7 Å². The van der Waals surface area contributed by atoms with Crippen molar-refractivity contribution in [2.75, 3.05) is 12.4 Å². The highest BCUT2D eigenvalue weighted by Gasteiger charge is 2.24. The Bertz CT molecular complexity index is 754. The van der Waals surface area contributed by atoms with Gasteiger partial charge in [0.15, 0.2) is 0 Å². The van der Waals surface area contributed by atoms with Gasteiger partial charge in [0, 0.05) is 18.7 Å². The first-order valence-electron chi connectivity index (χ1n) is 6.45. The van der Waals surface area contributed by atoms with E-state index in [9.17, 15) is 9.59 Å². The van der Waals surface area contributed by atoms with Gasteiger partial charge in [-0.3, -0.25) is 14.0 Å². The molecule has 0 aromatic carbocycles. The van der Waals surface area contributed by atoms with Gasteiger partial charge in [0.1, 0.15) is 11.5 Å². The second-order valence-electron chi connectivity index (χ2n) is 4.90. The summed E-state index contributed by atoms with van der Waals surface area (Å²) in [5.41, 5.74) is 2.80. The van der Waals surface area contributed by atoms with Gasteiger partial charge < -0.3 is 4.90 Å². The van der Waals surface area contributed by atoms with Gasteiger partial charge in [-0.1, -0.05) is 6.07 Å². The van der Waals surface area contributed by atoms with E-state index < -0.39 is 0 Å². The van der Waals surface area contributed by atoms with E-state index in [1.165, 1.54) is 0 Å². The Balaban J connectivity index is 2.17. The summed E-state index contributed by atoms with van der Waals surface area (Å²) in [7, 11) is 0. The van der Waals surface area contributed by atoms with Crippen molar-refractivity contribution < 1.29 is 4.79 Å². The van der Waals surface area contributed by atoms with Crippen molar-refractivity contribution in [1.29, 1.82) is 0 Å². The molecule has 0 aliphatic carbocycles. The molecule has 1 aliphatic rings. The molecule has 5 nitrogen and oxygen atoms in total. The van der Waals surface area contributed by atoms with Gasteiger partial charge in [-0.25, -0.2) is 4.98 Å². The van der Waals surface area contributed by atoms with Crippen LogP contribution in [0.2, 0.25) is 0 Å². The highest BCUT2D eigenvalue weighted by molar-refractivity contribution is 6.27. The maximum Gasteiger partial charge on any atom is 0.263 e. The van der Waals surface area contributed by atoms with E-state index in [2.05, 4.69) is 4.98 Å². The minimum Gasteiger partial charge on any atom is -0.337 e. The fourth-order valence-corrected chi connectivity index (χ4v) is 2.76. The fraction of sp³-hybridized carbons (Fsp3) is 0.357. The number of hydrogen-bond donors (Lipinski definition) is 0. The van der Waals surface area contributed by atoms with Crippen LogP contribution in [0.15, 0.2) is 23.0 Å². The number of nitrogens with zero attached hydrogens (tertiary/aromatic N) is 3. The number of alkyl halides is 1. The fourth-order valence-electron chi connectivity index (χ4n) is 2.59. The van der Waals surface area contributed by atoms with Crippen molar-refractivity contribution in [2.45, 2.75) is 19.9 Å². The van der Waals surface area contributed by atoms with Crippen LogP contribution in [-0.2, 0) is 17.8 Å². The van der Waals surface area contributed by atoms with E-state index in [0.29, 0.717) is 30.7 Å². The van der Waals surface area contributed by atoms with Gasteiger partial charge in [0.25, 0.3) is 5.56 Å². The Hall–Kier alpha value is -1.88. The van der Waals surface area contributed by atoms with Crippen molar-refractivity contribution >= 4 is 23.2 Å². The molecule has 1 amide bonds. The van der Waals surface area contributed by atoms with Gasteiger partial charge in [-0.15, -0.1) is 11.6 Å². The largest absolute Gasteiger partial charge is 0.337 e. The molecule has 2 aromatic heterocycles. The maximum atomic E-state index is 12.6. The van der Waals surface area contributed by atoms with Crippen LogP contribution in [0.4, 0.5) is 0 Å². The van der Waals surface area contributed by atoms with E-state index >= 15 is 0 Å². The number of rotatable bonds is 1. The summed E-state index contributed by atoms with van der Waals surface area (Å²) in [5.74, 6) is -0.205. The molecule has 1 aliphatic heterocycles. The Morgan fingerprint density at radius 3 is 3.00 bits per heavy atom. The van der Waals surface area contributed by atoms with Crippen LogP contribution in [-0.4, -0.2) is 32.6 Å². The summed E-state index contributed by atoms with van der Waals surface area (Å²) in [4.78, 5) is 30.4. The van der Waals surface area contributed by atoms with Crippen LogP contribution < -0.4 is 5.56 Å². The SMILES string of the molecule is Cc1cccc2nc3c(c(=O)n12)CN(C(=O)CCl)CC3. The zero-order chi connectivity index (χ0) is 14.3. The average Bonchev–Trinajstić information content (AvgIpc) is 2.46. The molecule has 0 bridgehead atoms. The molecule has 0 saturated carbocycles. The first-order valence-corrected chi connectivity index (χ1v) is 6.99. The zero-order valence-corrected chi connectivity index (χ0v) is 11.9. The first kappa shape index (κ1) is 13.1. The lowest BCUT2D eigenvalue weighted by atomic mass is 10.1. The van der Waals surface area contributed by atoms with Gasteiger partial charge >= 0.3 is 0 Å². The van der Waals surface area contributed by atoms with E-state index in [-0.39, 0.29) is 17.3 Å². The van der Waals surface area contributed by atoms with Crippen molar-refractivity contribution in [3.63, 3.8) is 0 Å². The zero-order valence-electron chi connectivity index (χ0n) is 11.1. The molecule has 0 N–H and O–H groups in total. The summed E-state index contributed by atoms with van der Waals surface area (Å²) in [5, 5.41) is 0. The van der Waals surface area contributed by atoms with E-state index in [0.717, 1.165) is 11.4 Å². The molecular formula is C14H14ClN3O2. The quantitative estimate of drug-likeness (QED) is 0.740. The number of hydrogen-bond acceptors (Lipinski definition) is 3. The second-order valence-corrected chi connectivity index (χ2v) is 5.17. The summed E-state index contributed by atoms with van der Waals surface area (Å²) in [6, 6.07) is 5.58. The Morgan fingerprint density at radius 2 is 2.25 bits per heavy atom. The molecule has 0 fully saturated rings. The molecule has 0 unspecified atom stereocenters. The Kier molecular flexibility index (Phi) is 3.22. The second kappa shape index (κ2) is 4.90. The van der Waals surface area contributed by atoms with Crippen molar-refractivity contribution in [3.05, 3.63) is 45.5 Å². The molecule has 3 heterocycles. The highest BCUT2D eigenvalue weighted by atomic mass is 35.5. The van der Waals surface area contributed by atoms with Gasteiger partial charge in [-0.2, -0.15) is 0 Å². The molecule has 20 heavy (non-hydrogen) atoms. The van der Waals surface area contributed by atoms with Crippen LogP contribution in [0.5, 0.6) is 0 Å². The van der Waals surface area contributed by atoms with E-state index in [1.54, 1.807) is 9.30 Å². The van der Waals surface area contributed by atoms with Gasteiger partial charge in [0.05, 0.1) is 17.8 Å². The maximum absolute atomic E-state index is 12.6. The van der Waals surface area contributed by atoms with Crippen LogP contribution in [0.1, 0.15) is 17.0 Å². The number of halogens is 1. The normalized spacial score (nSPS) is 14.4. The number of amides is 1. The Labute approximate surface area is 120 Å². The molecule has 0 radical (unpaired) electrons. The molecule has 2 aromatic rings. The standard InChI is InChI=1S/C14H14ClN3O2/c1-9-3-2-4-12-16-11-5-6-17(13(19)7-15)8-10(11)14(20)18(9)12/h2-4H,5-8H2,1H3. The van der Waals surface area contributed by atoms with Crippen LogP contribution >= 0.6 is 11.6 Å². The summed E-state index contributed by atoms with van der Waals surface area (Å²) >= 11 is 5.58. The smallest absolute Gasteiger partial charge is 0.263 e. The predicted octanol–water partition coefficient (Wildman–Crippen LogP) is 1.13. The molecule has 104 valence electrons. The summed E-state index contributed by atoms with van der Waals surface area (Å²) < 4.78 is 1.59. The highest BCUT2D eigenvalue weighted by Crippen LogP contribution is 2.16. The third-order valence-corrected chi connectivity index (χ3v) is 3.89. The number of carbonyl (C=O) groups is 1. The van der Waals surface area contributed by atoms with Crippen molar-refractivity contribution in [1.82, 2.24) is 14.3 Å². The lowest BCUT2D eigenvalue weighted by Crippen LogP contribution is -2.40. The van der Waals surface area contributed by atoms with Gasteiger partial charge in [-0.05, 0) is 19.1 Å². The van der Waals surface area contributed by atoms with Crippen molar-refractivity contribution in [3.8, 4) is 0 Å². The summed E-state index contributed by atoms with van der Waals surface area (Å²) in [6.45, 7) is 2.73. The van der Waals surface area contributed by atoms with Crippen LogP contribution in [0.3, 0.4) is 0 Å². The lowest BCUT2D eigenvalue weighted by Gasteiger charge is -2.27. The van der Waals surface area contributed by atoms with E-state index in [1.807, 2.05) is 25.1 Å². The minimum atomic E-state index is -0.147. The van der Waals surface area contributed by atoms with E-state index in [4.69, 9.17) is 11.6 Å².